The largest absolute Gasteiger partial charge is 0.493 e. The van der Waals surface area contributed by atoms with Gasteiger partial charge in [-0.25, -0.2) is 4.98 Å². The van der Waals surface area contributed by atoms with Crippen LogP contribution < -0.4 is 10.1 Å². The number of hydrogen-bond acceptors (Lipinski definition) is 4. The van der Waals surface area contributed by atoms with Crippen LogP contribution in [-0.4, -0.2) is 46.6 Å². The van der Waals surface area contributed by atoms with E-state index in [1.165, 1.54) is 5.56 Å². The highest BCUT2D eigenvalue weighted by atomic mass is 35.5. The predicted molar refractivity (Wildman–Crippen MR) is 104 cm³/mol. The first-order chi connectivity index (χ1) is 12.1. The molecule has 7 heteroatoms. The zero-order valence-electron chi connectivity index (χ0n) is 15.6. The highest BCUT2D eigenvalue weighted by Crippen LogP contribution is 2.23. The lowest BCUT2D eigenvalue weighted by atomic mass is 10.1. The van der Waals surface area contributed by atoms with Gasteiger partial charge in [0.1, 0.15) is 17.6 Å². The van der Waals surface area contributed by atoms with Gasteiger partial charge in [-0.1, -0.05) is 12.1 Å². The molecule has 0 bridgehead atoms. The van der Waals surface area contributed by atoms with Crippen LogP contribution in [0.5, 0.6) is 5.75 Å². The number of imidazole rings is 1. The quantitative estimate of drug-likeness (QED) is 0.867. The molecule has 1 N–H and O–H groups in total. The SMILES string of the molecule is Cc1cccc(OCCC(=O)N2CCNCC2c2nccn2C)c1C.Cl. The van der Waals surface area contributed by atoms with E-state index in [1.807, 2.05) is 41.8 Å². The summed E-state index contributed by atoms with van der Waals surface area (Å²) in [6, 6.07) is 5.97. The first kappa shape index (κ1) is 20.3. The van der Waals surface area contributed by atoms with E-state index in [4.69, 9.17) is 4.74 Å². The van der Waals surface area contributed by atoms with Crippen molar-refractivity contribution in [3.8, 4) is 5.75 Å². The summed E-state index contributed by atoms with van der Waals surface area (Å²) in [7, 11) is 1.96. The zero-order valence-corrected chi connectivity index (χ0v) is 16.4. The van der Waals surface area contributed by atoms with Gasteiger partial charge in [0.2, 0.25) is 5.91 Å². The number of nitrogens with zero attached hydrogens (tertiary/aromatic N) is 3. The van der Waals surface area contributed by atoms with Crippen LogP contribution in [0.1, 0.15) is 29.4 Å². The third-order valence-electron chi connectivity index (χ3n) is 4.85. The number of aryl methyl sites for hydroxylation is 2. The van der Waals surface area contributed by atoms with Gasteiger partial charge in [-0.05, 0) is 31.0 Å². The van der Waals surface area contributed by atoms with E-state index >= 15 is 0 Å². The summed E-state index contributed by atoms with van der Waals surface area (Å²) in [6.07, 6.45) is 4.06. The van der Waals surface area contributed by atoms with Crippen LogP contribution in [0.25, 0.3) is 0 Å². The second-order valence-corrected chi connectivity index (χ2v) is 6.50. The molecule has 1 atom stereocenters. The van der Waals surface area contributed by atoms with Crippen molar-refractivity contribution in [3.63, 3.8) is 0 Å². The first-order valence-electron chi connectivity index (χ1n) is 8.74. The highest BCUT2D eigenvalue weighted by molar-refractivity contribution is 5.85. The molecule has 6 nitrogen and oxygen atoms in total. The number of ether oxygens (including phenoxy) is 1. The van der Waals surface area contributed by atoms with E-state index in [0.717, 1.165) is 30.2 Å². The van der Waals surface area contributed by atoms with E-state index < -0.39 is 0 Å². The molecule has 2 heterocycles. The van der Waals surface area contributed by atoms with Crippen LogP contribution in [0, 0.1) is 13.8 Å². The summed E-state index contributed by atoms with van der Waals surface area (Å²) >= 11 is 0. The lowest BCUT2D eigenvalue weighted by molar-refractivity contribution is -0.135. The van der Waals surface area contributed by atoms with Crippen molar-refractivity contribution in [3.05, 3.63) is 47.5 Å². The van der Waals surface area contributed by atoms with E-state index in [-0.39, 0.29) is 24.4 Å². The lowest BCUT2D eigenvalue weighted by Crippen LogP contribution is -2.49. The van der Waals surface area contributed by atoms with Gasteiger partial charge in [-0.3, -0.25) is 4.79 Å². The van der Waals surface area contributed by atoms with Crippen molar-refractivity contribution >= 4 is 18.3 Å². The molecule has 1 aliphatic rings. The molecule has 0 aliphatic carbocycles. The Hall–Kier alpha value is -2.05. The smallest absolute Gasteiger partial charge is 0.226 e. The fraction of sp³-hybridized carbons (Fsp3) is 0.474. The van der Waals surface area contributed by atoms with Gasteiger partial charge in [0.05, 0.1) is 13.0 Å². The molecular formula is C19H27ClN4O2. The fourth-order valence-electron chi connectivity index (χ4n) is 3.20. The average Bonchev–Trinajstić information content (AvgIpc) is 3.04. The minimum absolute atomic E-state index is 0. The number of amides is 1. The summed E-state index contributed by atoms with van der Waals surface area (Å²) in [4.78, 5) is 19.1. The van der Waals surface area contributed by atoms with E-state index in [9.17, 15) is 4.79 Å². The number of hydrogen-bond donors (Lipinski definition) is 1. The number of carbonyl (C=O) groups excluding carboxylic acids is 1. The Balaban J connectivity index is 0.00000243. The molecule has 1 unspecified atom stereocenters. The molecule has 0 radical (unpaired) electrons. The van der Waals surface area contributed by atoms with Crippen molar-refractivity contribution in [2.45, 2.75) is 26.3 Å². The summed E-state index contributed by atoms with van der Waals surface area (Å²) < 4.78 is 7.82. The topological polar surface area (TPSA) is 59.4 Å². The third kappa shape index (κ3) is 4.37. The van der Waals surface area contributed by atoms with Gasteiger partial charge < -0.3 is 19.5 Å². The van der Waals surface area contributed by atoms with Crippen molar-refractivity contribution < 1.29 is 9.53 Å². The molecule has 1 saturated heterocycles. The molecule has 1 amide bonds. The Morgan fingerprint density at radius 3 is 2.92 bits per heavy atom. The Labute approximate surface area is 161 Å². The van der Waals surface area contributed by atoms with Crippen molar-refractivity contribution in [1.29, 1.82) is 0 Å². The molecule has 0 saturated carbocycles. The van der Waals surface area contributed by atoms with Crippen LogP contribution in [0.2, 0.25) is 0 Å². The molecule has 1 aliphatic heterocycles. The standard InChI is InChI=1S/C19H26N4O2.ClH/c1-14-5-4-6-17(15(14)2)25-12-7-18(24)23-11-8-20-13-16(23)19-21-9-10-22(19)3;/h4-6,9-10,16,20H,7-8,11-13H2,1-3H3;1H. The van der Waals surface area contributed by atoms with E-state index in [2.05, 4.69) is 23.3 Å². The van der Waals surface area contributed by atoms with E-state index in [1.54, 1.807) is 6.20 Å². The van der Waals surface area contributed by atoms with Crippen molar-refractivity contribution in [1.82, 2.24) is 19.8 Å². The molecule has 26 heavy (non-hydrogen) atoms. The van der Waals surface area contributed by atoms with Crippen LogP contribution in [0.3, 0.4) is 0 Å². The first-order valence-corrected chi connectivity index (χ1v) is 8.74. The van der Waals surface area contributed by atoms with Crippen LogP contribution in [-0.2, 0) is 11.8 Å². The van der Waals surface area contributed by atoms with Crippen LogP contribution in [0.4, 0.5) is 0 Å². The maximum atomic E-state index is 12.7. The number of aromatic nitrogens is 2. The van der Waals surface area contributed by atoms with Gasteiger partial charge in [-0.15, -0.1) is 12.4 Å². The van der Waals surface area contributed by atoms with E-state index in [0.29, 0.717) is 19.6 Å². The Morgan fingerprint density at radius 2 is 2.19 bits per heavy atom. The Bertz CT molecular complexity index is 747. The molecule has 0 spiro atoms. The fourth-order valence-corrected chi connectivity index (χ4v) is 3.20. The maximum Gasteiger partial charge on any atom is 0.226 e. The van der Waals surface area contributed by atoms with Crippen molar-refractivity contribution in [2.24, 2.45) is 7.05 Å². The second-order valence-electron chi connectivity index (χ2n) is 6.50. The molecule has 1 aromatic carbocycles. The second kappa shape index (κ2) is 9.05. The van der Waals surface area contributed by atoms with Crippen molar-refractivity contribution in [2.75, 3.05) is 26.2 Å². The minimum Gasteiger partial charge on any atom is -0.493 e. The molecule has 2 aromatic rings. The molecule has 1 aromatic heterocycles. The molecular weight excluding hydrogens is 352 g/mol. The Kier molecular flexibility index (Phi) is 7.06. The minimum atomic E-state index is -0.0260. The summed E-state index contributed by atoms with van der Waals surface area (Å²) in [5.41, 5.74) is 2.32. The summed E-state index contributed by atoms with van der Waals surface area (Å²) in [5.74, 6) is 1.88. The number of halogens is 1. The number of nitrogens with one attached hydrogen (secondary N) is 1. The van der Waals surface area contributed by atoms with Gasteiger partial charge in [0, 0.05) is 39.1 Å². The highest BCUT2D eigenvalue weighted by Gasteiger charge is 2.30. The lowest BCUT2D eigenvalue weighted by Gasteiger charge is -2.35. The third-order valence-corrected chi connectivity index (χ3v) is 4.85. The number of benzene rings is 1. The van der Waals surface area contributed by atoms with Crippen LogP contribution in [0.15, 0.2) is 30.6 Å². The van der Waals surface area contributed by atoms with Crippen LogP contribution >= 0.6 is 12.4 Å². The molecule has 142 valence electrons. The Morgan fingerprint density at radius 1 is 1.38 bits per heavy atom. The summed E-state index contributed by atoms with van der Waals surface area (Å²) in [6.45, 7) is 6.73. The van der Waals surface area contributed by atoms with Gasteiger partial charge in [0.15, 0.2) is 0 Å². The summed E-state index contributed by atoms with van der Waals surface area (Å²) in [5, 5.41) is 3.35. The average molecular weight is 379 g/mol. The molecule has 3 rings (SSSR count). The zero-order chi connectivity index (χ0) is 17.8. The normalized spacial score (nSPS) is 16.9. The predicted octanol–water partition coefficient (Wildman–Crippen LogP) is 2.40. The number of carbonyl (C=O) groups is 1. The number of piperazine rings is 1. The monoisotopic (exact) mass is 378 g/mol. The van der Waals surface area contributed by atoms with Gasteiger partial charge in [0.25, 0.3) is 0 Å². The van der Waals surface area contributed by atoms with Gasteiger partial charge in [-0.2, -0.15) is 0 Å². The number of rotatable bonds is 5. The van der Waals surface area contributed by atoms with Gasteiger partial charge >= 0.3 is 0 Å². The maximum absolute atomic E-state index is 12.7. The molecule has 1 fully saturated rings.